The molecule has 4 nitrogen and oxygen atoms in total. The predicted octanol–water partition coefficient (Wildman–Crippen LogP) is 0.0242. The second-order valence-electron chi connectivity index (χ2n) is 2.25. The molecule has 0 bridgehead atoms. The van der Waals surface area contributed by atoms with Gasteiger partial charge in [-0.3, -0.25) is 9.59 Å². The number of rotatable bonds is 2. The molecular weight excluding hydrogens is 136 g/mol. The number of carboxylic acids is 1. The van der Waals surface area contributed by atoms with Crippen molar-refractivity contribution >= 4 is 11.9 Å². The molecule has 10 heavy (non-hydrogen) atoms. The third-order valence-electron chi connectivity index (χ3n) is 1.46. The summed E-state index contributed by atoms with van der Waals surface area (Å²) in [6, 6.07) is 0. The van der Waals surface area contributed by atoms with E-state index in [2.05, 4.69) is 4.74 Å². The maximum atomic E-state index is 10.6. The highest BCUT2D eigenvalue weighted by molar-refractivity contribution is 5.80. The van der Waals surface area contributed by atoms with Crippen LogP contribution in [0.15, 0.2) is 0 Å². The number of carbonyl (C=O) groups is 2. The molecule has 0 saturated carbocycles. The van der Waals surface area contributed by atoms with Crippen molar-refractivity contribution in [2.24, 2.45) is 5.92 Å². The van der Waals surface area contributed by atoms with Crippen molar-refractivity contribution in [2.75, 3.05) is 6.61 Å². The summed E-state index contributed by atoms with van der Waals surface area (Å²) in [5.74, 6) is -1.72. The third kappa shape index (κ3) is 1.46. The van der Waals surface area contributed by atoms with Gasteiger partial charge in [-0.15, -0.1) is 0 Å². The van der Waals surface area contributed by atoms with E-state index in [1.165, 1.54) is 0 Å². The number of hydrogen-bond donors (Lipinski definition) is 1. The second-order valence-corrected chi connectivity index (χ2v) is 2.25. The van der Waals surface area contributed by atoms with Crippen LogP contribution in [0.2, 0.25) is 0 Å². The minimum Gasteiger partial charge on any atom is -0.481 e. The van der Waals surface area contributed by atoms with E-state index in [-0.39, 0.29) is 12.4 Å². The highest BCUT2D eigenvalue weighted by Gasteiger charge is 2.28. The molecule has 0 aromatic rings. The molecule has 1 aliphatic rings. The number of ether oxygens (including phenoxy) is 1. The number of aliphatic carboxylic acids is 1. The molecular formula is C6H8O4. The smallest absolute Gasteiger partial charge is 0.309 e. The standard InChI is InChI=1S/C6H8O4/c7-5(8)3-4-1-2-10-6(4)9/h4H,1-3H2,(H,7,8)/t4-/m0/s1. The topological polar surface area (TPSA) is 63.6 Å². The Balaban J connectivity index is 2.40. The summed E-state index contributed by atoms with van der Waals surface area (Å²) >= 11 is 0. The van der Waals surface area contributed by atoms with Gasteiger partial charge < -0.3 is 9.84 Å². The van der Waals surface area contributed by atoms with Gasteiger partial charge in [0.1, 0.15) is 0 Å². The van der Waals surface area contributed by atoms with Crippen LogP contribution in [0, 0.1) is 5.92 Å². The van der Waals surface area contributed by atoms with Crippen LogP contribution in [0.1, 0.15) is 12.8 Å². The molecule has 0 radical (unpaired) electrons. The fourth-order valence-corrected chi connectivity index (χ4v) is 0.934. The summed E-state index contributed by atoms with van der Waals surface area (Å²) in [6.07, 6.45) is 0.448. The van der Waals surface area contributed by atoms with Crippen molar-refractivity contribution in [3.8, 4) is 0 Å². The molecule has 1 rings (SSSR count). The minimum atomic E-state index is -0.941. The van der Waals surface area contributed by atoms with Crippen LogP contribution in [-0.2, 0) is 14.3 Å². The van der Waals surface area contributed by atoms with Gasteiger partial charge in [0.05, 0.1) is 18.9 Å². The van der Waals surface area contributed by atoms with Crippen molar-refractivity contribution in [2.45, 2.75) is 12.8 Å². The highest BCUT2D eigenvalue weighted by Crippen LogP contribution is 2.17. The maximum absolute atomic E-state index is 10.6. The Bertz CT molecular complexity index is 163. The lowest BCUT2D eigenvalue weighted by Crippen LogP contribution is -2.12. The zero-order chi connectivity index (χ0) is 7.56. The van der Waals surface area contributed by atoms with Crippen molar-refractivity contribution in [3.63, 3.8) is 0 Å². The van der Waals surface area contributed by atoms with Gasteiger partial charge in [-0.25, -0.2) is 0 Å². The van der Waals surface area contributed by atoms with Gasteiger partial charge in [-0.1, -0.05) is 0 Å². The summed E-state index contributed by atoms with van der Waals surface area (Å²) in [4.78, 5) is 20.7. The number of carbonyl (C=O) groups excluding carboxylic acids is 1. The molecule has 0 aromatic heterocycles. The zero-order valence-corrected chi connectivity index (χ0v) is 5.37. The number of carboxylic acid groups (broad SMARTS) is 1. The SMILES string of the molecule is O=C(O)C[C@@H]1CCOC1=O. The normalized spacial score (nSPS) is 24.4. The molecule has 0 aliphatic carbocycles. The summed E-state index contributed by atoms with van der Waals surface area (Å²) in [7, 11) is 0. The molecule has 0 aromatic carbocycles. The molecule has 1 heterocycles. The third-order valence-corrected chi connectivity index (χ3v) is 1.46. The Morgan fingerprint density at radius 1 is 1.80 bits per heavy atom. The van der Waals surface area contributed by atoms with E-state index in [0.29, 0.717) is 13.0 Å². The van der Waals surface area contributed by atoms with Gasteiger partial charge in [-0.05, 0) is 6.42 Å². The molecule has 0 amide bonds. The van der Waals surface area contributed by atoms with Crippen LogP contribution >= 0.6 is 0 Å². The molecule has 56 valence electrons. The van der Waals surface area contributed by atoms with E-state index in [1.54, 1.807) is 0 Å². The average Bonchev–Trinajstić information content (AvgIpc) is 2.15. The molecule has 0 spiro atoms. The first kappa shape index (κ1) is 7.05. The van der Waals surface area contributed by atoms with Gasteiger partial charge in [0.25, 0.3) is 0 Å². The Morgan fingerprint density at radius 3 is 2.90 bits per heavy atom. The summed E-state index contributed by atoms with van der Waals surface area (Å²) in [5, 5.41) is 8.28. The number of esters is 1. The van der Waals surface area contributed by atoms with Gasteiger partial charge >= 0.3 is 11.9 Å². The van der Waals surface area contributed by atoms with E-state index in [0.717, 1.165) is 0 Å². The largest absolute Gasteiger partial charge is 0.481 e. The van der Waals surface area contributed by atoms with Crippen molar-refractivity contribution < 1.29 is 19.4 Å². The van der Waals surface area contributed by atoms with Crippen LogP contribution in [0.3, 0.4) is 0 Å². The molecule has 1 N–H and O–H groups in total. The van der Waals surface area contributed by atoms with Gasteiger partial charge in [0.2, 0.25) is 0 Å². The average molecular weight is 144 g/mol. The number of cyclic esters (lactones) is 1. The van der Waals surface area contributed by atoms with Crippen molar-refractivity contribution in [1.29, 1.82) is 0 Å². The van der Waals surface area contributed by atoms with Gasteiger partial charge in [0.15, 0.2) is 0 Å². The molecule has 1 saturated heterocycles. The van der Waals surface area contributed by atoms with Crippen LogP contribution in [0.25, 0.3) is 0 Å². The Hall–Kier alpha value is -1.06. The first-order valence-corrected chi connectivity index (χ1v) is 3.08. The molecule has 0 unspecified atom stereocenters. The van der Waals surface area contributed by atoms with Crippen LogP contribution in [0.4, 0.5) is 0 Å². The lowest BCUT2D eigenvalue weighted by Gasteiger charge is -1.97. The van der Waals surface area contributed by atoms with Gasteiger partial charge in [0, 0.05) is 0 Å². The highest BCUT2D eigenvalue weighted by atomic mass is 16.5. The Morgan fingerprint density at radius 2 is 2.50 bits per heavy atom. The predicted molar refractivity (Wildman–Crippen MR) is 31.3 cm³/mol. The molecule has 1 atom stereocenters. The van der Waals surface area contributed by atoms with E-state index in [4.69, 9.17) is 5.11 Å². The molecule has 4 heteroatoms. The van der Waals surface area contributed by atoms with E-state index in [1.807, 2.05) is 0 Å². The van der Waals surface area contributed by atoms with Gasteiger partial charge in [-0.2, -0.15) is 0 Å². The quantitative estimate of drug-likeness (QED) is 0.555. The first-order valence-electron chi connectivity index (χ1n) is 3.08. The van der Waals surface area contributed by atoms with Crippen LogP contribution < -0.4 is 0 Å². The summed E-state index contributed by atoms with van der Waals surface area (Å²) in [6.45, 7) is 0.372. The zero-order valence-electron chi connectivity index (χ0n) is 5.37. The first-order chi connectivity index (χ1) is 4.70. The number of hydrogen-bond acceptors (Lipinski definition) is 3. The van der Waals surface area contributed by atoms with Crippen LogP contribution in [-0.4, -0.2) is 23.7 Å². The molecule has 1 aliphatic heterocycles. The summed E-state index contributed by atoms with van der Waals surface area (Å²) < 4.78 is 4.56. The minimum absolute atomic E-state index is 0.0984. The fraction of sp³-hybridized carbons (Fsp3) is 0.667. The van der Waals surface area contributed by atoms with E-state index in [9.17, 15) is 9.59 Å². The lowest BCUT2D eigenvalue weighted by molar-refractivity contribution is -0.146. The van der Waals surface area contributed by atoms with Crippen molar-refractivity contribution in [3.05, 3.63) is 0 Å². The monoisotopic (exact) mass is 144 g/mol. The fourth-order valence-electron chi connectivity index (χ4n) is 0.934. The maximum Gasteiger partial charge on any atom is 0.309 e. The van der Waals surface area contributed by atoms with Crippen molar-refractivity contribution in [1.82, 2.24) is 0 Å². The van der Waals surface area contributed by atoms with Crippen LogP contribution in [0.5, 0.6) is 0 Å². The van der Waals surface area contributed by atoms with E-state index >= 15 is 0 Å². The second kappa shape index (κ2) is 2.68. The Labute approximate surface area is 57.8 Å². The lowest BCUT2D eigenvalue weighted by atomic mass is 10.1. The molecule has 1 fully saturated rings. The van der Waals surface area contributed by atoms with E-state index < -0.39 is 11.9 Å². The summed E-state index contributed by atoms with van der Waals surface area (Å²) in [5.41, 5.74) is 0. The Kier molecular flexibility index (Phi) is 1.89.